The minimum absolute atomic E-state index is 0. The van der Waals surface area contributed by atoms with Gasteiger partial charge in [-0.25, -0.2) is 4.39 Å². The molecule has 1 heterocycles. The van der Waals surface area contributed by atoms with Gasteiger partial charge in [-0.3, -0.25) is 4.79 Å². The zero-order valence-electron chi connectivity index (χ0n) is 11.1. The van der Waals surface area contributed by atoms with Crippen LogP contribution in [0.1, 0.15) is 23.2 Å². The quantitative estimate of drug-likeness (QED) is 0.925. The molecule has 5 heteroatoms. The molecule has 1 N–H and O–H groups in total. The number of nitrogens with one attached hydrogen (secondary N) is 1. The number of benzene rings is 1. The second-order valence-corrected chi connectivity index (χ2v) is 4.80. The van der Waals surface area contributed by atoms with E-state index in [1.54, 1.807) is 12.1 Å². The van der Waals surface area contributed by atoms with Crippen molar-refractivity contribution in [2.45, 2.75) is 12.8 Å². The van der Waals surface area contributed by atoms with Gasteiger partial charge < -0.3 is 10.2 Å². The molecule has 1 fully saturated rings. The summed E-state index contributed by atoms with van der Waals surface area (Å²) in [5.74, 6) is 0.365. The zero-order valence-corrected chi connectivity index (χ0v) is 11.9. The molecule has 1 amide bonds. The van der Waals surface area contributed by atoms with Crippen molar-refractivity contribution in [2.75, 3.05) is 26.7 Å². The maximum atomic E-state index is 12.8. The first kappa shape index (κ1) is 15.9. The van der Waals surface area contributed by atoms with Crippen molar-refractivity contribution in [1.29, 1.82) is 0 Å². The van der Waals surface area contributed by atoms with Gasteiger partial charge in [0.05, 0.1) is 0 Å². The fourth-order valence-electron chi connectivity index (χ4n) is 2.40. The number of rotatable bonds is 3. The van der Waals surface area contributed by atoms with Gasteiger partial charge in [-0.2, -0.15) is 0 Å². The van der Waals surface area contributed by atoms with E-state index in [4.69, 9.17) is 0 Å². The molecule has 1 saturated heterocycles. The molecule has 3 nitrogen and oxygen atoms in total. The average Bonchev–Trinajstić information content (AvgIpc) is 2.40. The third-order valence-corrected chi connectivity index (χ3v) is 3.49. The lowest BCUT2D eigenvalue weighted by molar-refractivity contribution is 0.0691. The van der Waals surface area contributed by atoms with E-state index in [1.807, 2.05) is 11.9 Å². The minimum Gasteiger partial charge on any atom is -0.339 e. The molecule has 0 unspecified atom stereocenters. The average molecular weight is 287 g/mol. The number of carbonyl (C=O) groups excluding carboxylic acids is 1. The lowest BCUT2D eigenvalue weighted by atomic mass is 9.96. The van der Waals surface area contributed by atoms with Crippen molar-refractivity contribution in [1.82, 2.24) is 10.2 Å². The number of likely N-dealkylation sites (tertiary alicyclic amines) is 1. The molecule has 0 aliphatic carbocycles. The van der Waals surface area contributed by atoms with E-state index in [0.29, 0.717) is 11.5 Å². The summed E-state index contributed by atoms with van der Waals surface area (Å²) in [5.41, 5.74) is 0.573. The Morgan fingerprint density at radius 2 is 1.89 bits per heavy atom. The van der Waals surface area contributed by atoms with Crippen LogP contribution in [0.2, 0.25) is 0 Å². The molecule has 106 valence electrons. The molecule has 0 radical (unpaired) electrons. The molecule has 1 aliphatic rings. The molecule has 1 aliphatic heterocycles. The minimum atomic E-state index is -0.306. The molecular formula is C14H20ClFN2O. The van der Waals surface area contributed by atoms with Gasteiger partial charge in [0.1, 0.15) is 5.82 Å². The van der Waals surface area contributed by atoms with Gasteiger partial charge in [-0.1, -0.05) is 0 Å². The van der Waals surface area contributed by atoms with E-state index in [2.05, 4.69) is 5.32 Å². The third-order valence-electron chi connectivity index (χ3n) is 3.49. The van der Waals surface area contributed by atoms with Crippen molar-refractivity contribution in [3.63, 3.8) is 0 Å². The van der Waals surface area contributed by atoms with E-state index in [9.17, 15) is 9.18 Å². The Morgan fingerprint density at radius 1 is 1.32 bits per heavy atom. The summed E-state index contributed by atoms with van der Waals surface area (Å²) in [6.45, 7) is 2.60. The Balaban J connectivity index is 0.00000180. The fourth-order valence-corrected chi connectivity index (χ4v) is 2.40. The second kappa shape index (κ2) is 7.46. The van der Waals surface area contributed by atoms with Gasteiger partial charge in [0.25, 0.3) is 5.91 Å². The van der Waals surface area contributed by atoms with Crippen LogP contribution in [0.5, 0.6) is 0 Å². The highest BCUT2D eigenvalue weighted by Gasteiger charge is 2.23. The molecule has 0 bridgehead atoms. The van der Waals surface area contributed by atoms with Crippen LogP contribution in [-0.2, 0) is 0 Å². The normalized spacial score (nSPS) is 16.0. The highest BCUT2D eigenvalue weighted by atomic mass is 35.5. The van der Waals surface area contributed by atoms with Gasteiger partial charge in [0, 0.05) is 18.7 Å². The lowest BCUT2D eigenvalue weighted by Gasteiger charge is -2.32. The lowest BCUT2D eigenvalue weighted by Crippen LogP contribution is -2.40. The third kappa shape index (κ3) is 4.18. The van der Waals surface area contributed by atoms with Crippen molar-refractivity contribution in [3.8, 4) is 0 Å². The first-order chi connectivity index (χ1) is 8.70. The molecular weight excluding hydrogens is 267 g/mol. The fraction of sp³-hybridized carbons (Fsp3) is 0.500. The summed E-state index contributed by atoms with van der Waals surface area (Å²) in [6, 6.07) is 5.77. The van der Waals surface area contributed by atoms with Crippen molar-refractivity contribution in [3.05, 3.63) is 35.6 Å². The maximum Gasteiger partial charge on any atom is 0.253 e. The molecule has 2 rings (SSSR count). The number of nitrogens with zero attached hydrogens (tertiary/aromatic N) is 1. The molecule has 0 aromatic heterocycles. The molecule has 1 aromatic rings. The highest BCUT2D eigenvalue weighted by molar-refractivity contribution is 5.94. The monoisotopic (exact) mass is 286 g/mol. The number of hydrogen-bond acceptors (Lipinski definition) is 2. The summed E-state index contributed by atoms with van der Waals surface area (Å²) >= 11 is 0. The standard InChI is InChI=1S/C14H19FN2O.ClH/c1-16-10-11-6-8-17(9-7-11)14(18)12-2-4-13(15)5-3-12;/h2-5,11,16H,6-10H2,1H3;1H. The van der Waals surface area contributed by atoms with Crippen LogP contribution in [0.15, 0.2) is 24.3 Å². The van der Waals surface area contributed by atoms with E-state index in [1.165, 1.54) is 12.1 Å². The van der Waals surface area contributed by atoms with Crippen molar-refractivity contribution < 1.29 is 9.18 Å². The van der Waals surface area contributed by atoms with Gasteiger partial charge in [0.2, 0.25) is 0 Å². The topological polar surface area (TPSA) is 32.3 Å². The van der Waals surface area contributed by atoms with Gasteiger partial charge >= 0.3 is 0 Å². The van der Waals surface area contributed by atoms with Gasteiger partial charge in [-0.05, 0) is 56.6 Å². The van der Waals surface area contributed by atoms with E-state index in [0.717, 1.165) is 32.5 Å². The van der Waals surface area contributed by atoms with Gasteiger partial charge in [-0.15, -0.1) is 12.4 Å². The molecule has 19 heavy (non-hydrogen) atoms. The summed E-state index contributed by atoms with van der Waals surface area (Å²) in [4.78, 5) is 14.0. The Hall–Kier alpha value is -1.13. The van der Waals surface area contributed by atoms with Crippen LogP contribution in [0, 0.1) is 11.7 Å². The van der Waals surface area contributed by atoms with Gasteiger partial charge in [0.15, 0.2) is 0 Å². The van der Waals surface area contributed by atoms with Crippen LogP contribution in [-0.4, -0.2) is 37.5 Å². The predicted molar refractivity (Wildman–Crippen MR) is 76.2 cm³/mol. The molecule has 0 atom stereocenters. The highest BCUT2D eigenvalue weighted by Crippen LogP contribution is 2.18. The molecule has 0 saturated carbocycles. The number of piperidine rings is 1. The first-order valence-electron chi connectivity index (χ1n) is 6.40. The van der Waals surface area contributed by atoms with Crippen molar-refractivity contribution in [2.24, 2.45) is 5.92 Å². The number of amides is 1. The SMILES string of the molecule is CNCC1CCN(C(=O)c2ccc(F)cc2)CC1.Cl. The van der Waals surface area contributed by atoms with Crippen LogP contribution < -0.4 is 5.32 Å². The summed E-state index contributed by atoms with van der Waals surface area (Å²) in [5, 5.41) is 3.17. The van der Waals surface area contributed by atoms with E-state index >= 15 is 0 Å². The Kier molecular flexibility index (Phi) is 6.25. The predicted octanol–water partition coefficient (Wildman–Crippen LogP) is 2.32. The summed E-state index contributed by atoms with van der Waals surface area (Å²) in [7, 11) is 1.95. The largest absolute Gasteiger partial charge is 0.339 e. The zero-order chi connectivity index (χ0) is 13.0. The molecule has 1 aromatic carbocycles. The number of carbonyl (C=O) groups is 1. The summed E-state index contributed by atoms with van der Waals surface area (Å²) < 4.78 is 12.8. The van der Waals surface area contributed by atoms with Crippen LogP contribution in [0.4, 0.5) is 4.39 Å². The van der Waals surface area contributed by atoms with Crippen LogP contribution >= 0.6 is 12.4 Å². The van der Waals surface area contributed by atoms with Crippen molar-refractivity contribution >= 4 is 18.3 Å². The second-order valence-electron chi connectivity index (χ2n) is 4.80. The van der Waals surface area contributed by atoms with Crippen LogP contribution in [0.3, 0.4) is 0 Å². The maximum absolute atomic E-state index is 12.8. The Bertz CT molecular complexity index is 402. The Morgan fingerprint density at radius 3 is 2.42 bits per heavy atom. The molecule has 0 spiro atoms. The van der Waals surface area contributed by atoms with E-state index < -0.39 is 0 Å². The van der Waals surface area contributed by atoms with Crippen LogP contribution in [0.25, 0.3) is 0 Å². The summed E-state index contributed by atoms with van der Waals surface area (Å²) in [6.07, 6.45) is 2.07. The number of halogens is 2. The first-order valence-corrected chi connectivity index (χ1v) is 6.40. The number of hydrogen-bond donors (Lipinski definition) is 1. The smallest absolute Gasteiger partial charge is 0.253 e. The van der Waals surface area contributed by atoms with E-state index in [-0.39, 0.29) is 24.1 Å². The Labute approximate surface area is 119 Å².